The van der Waals surface area contributed by atoms with Gasteiger partial charge in [0.1, 0.15) is 5.75 Å². The number of amides is 2. The Morgan fingerprint density at radius 2 is 1.82 bits per heavy atom. The Morgan fingerprint density at radius 3 is 2.58 bits per heavy atom. The van der Waals surface area contributed by atoms with E-state index in [0.29, 0.717) is 13.0 Å². The zero-order valence-corrected chi connectivity index (χ0v) is 24.3. The number of nitrogens with zero attached hydrogens (tertiary/aromatic N) is 1. The zero-order valence-electron chi connectivity index (χ0n) is 23.5. The van der Waals surface area contributed by atoms with E-state index in [2.05, 4.69) is 27.3 Å². The smallest absolute Gasteiger partial charge is 0.237 e. The van der Waals surface area contributed by atoms with Crippen LogP contribution in [0.15, 0.2) is 24.3 Å². The van der Waals surface area contributed by atoms with Crippen molar-refractivity contribution in [2.45, 2.75) is 88.5 Å². The maximum atomic E-state index is 13.7. The number of fused-ring (bicyclic) bond motifs is 2. The van der Waals surface area contributed by atoms with Gasteiger partial charge >= 0.3 is 0 Å². The highest BCUT2D eigenvalue weighted by Gasteiger charge is 2.52. The molecule has 0 radical (unpaired) electrons. The molecule has 220 valence electrons. The number of nitrogens with one attached hydrogen (secondary N) is 4. The zero-order chi connectivity index (χ0) is 28.4. The van der Waals surface area contributed by atoms with Crippen molar-refractivity contribution in [2.75, 3.05) is 25.9 Å². The summed E-state index contributed by atoms with van der Waals surface area (Å²) in [5, 5.41) is 12.3. The normalized spacial score (nSPS) is 28.4. The highest BCUT2D eigenvalue weighted by atomic mass is 32.2. The van der Waals surface area contributed by atoms with Crippen LogP contribution in [0.4, 0.5) is 0 Å². The van der Waals surface area contributed by atoms with E-state index in [9.17, 15) is 22.8 Å². The molecule has 4 N–H and O–H groups in total. The van der Waals surface area contributed by atoms with Crippen LogP contribution in [-0.2, 0) is 30.8 Å². The Hall–Kier alpha value is -2.34. The van der Waals surface area contributed by atoms with Crippen molar-refractivity contribution in [3.63, 3.8) is 0 Å². The number of carbonyl (C=O) groups excluding carboxylic acids is 3. The highest BCUT2D eigenvalue weighted by molar-refractivity contribution is 7.89. The molecule has 1 aromatic rings. The van der Waals surface area contributed by atoms with Crippen LogP contribution in [-0.4, -0.2) is 80.4 Å². The van der Waals surface area contributed by atoms with Crippen molar-refractivity contribution in [1.82, 2.24) is 25.6 Å². The minimum absolute atomic E-state index is 0.0725. The van der Waals surface area contributed by atoms with Gasteiger partial charge in [-0.3, -0.25) is 14.4 Å². The molecule has 6 unspecified atom stereocenters. The number of hydrogen-bond acceptors (Lipinski definition) is 7. The number of sulfonamides is 1. The van der Waals surface area contributed by atoms with Gasteiger partial charge in [-0.05, 0) is 63.1 Å². The van der Waals surface area contributed by atoms with Crippen molar-refractivity contribution in [2.24, 2.45) is 11.8 Å². The molecule has 4 aliphatic rings. The Balaban J connectivity index is 1.28. The van der Waals surface area contributed by atoms with E-state index in [1.54, 1.807) is 14.0 Å². The minimum Gasteiger partial charge on any atom is -0.349 e. The third-order valence-electron chi connectivity index (χ3n) is 9.48. The summed E-state index contributed by atoms with van der Waals surface area (Å²) in [5.41, 5.74) is 2.37. The van der Waals surface area contributed by atoms with E-state index in [-0.39, 0.29) is 36.4 Å². The van der Waals surface area contributed by atoms with Crippen LogP contribution in [0.3, 0.4) is 0 Å². The molecule has 1 aromatic carbocycles. The van der Waals surface area contributed by atoms with Crippen LogP contribution in [0.1, 0.15) is 69.0 Å². The summed E-state index contributed by atoms with van der Waals surface area (Å²) in [6, 6.07) is 6.05. The standard InChI is InChI=1S/C29H43N5O5S/c1-18(30-2)28(36)33-26(20-9-4-3-5-10-20)25(35)17-40(38,39)34-15-14-24-27(34)22(16-31-24)29(37)32-23-13-12-19-8-6-7-11-21(19)23/h6-8,11,18,20,22-24,26-27,30-31H,3-5,9-10,12-17H2,1-2H3,(H,32,37)(H,33,36). The fraction of sp³-hybridized carbons (Fsp3) is 0.690. The molecular formula is C29H43N5O5S. The first-order valence-electron chi connectivity index (χ1n) is 14.8. The monoisotopic (exact) mass is 573 g/mol. The summed E-state index contributed by atoms with van der Waals surface area (Å²) in [6.45, 7) is 2.38. The van der Waals surface area contributed by atoms with Gasteiger partial charge in [-0.25, -0.2) is 8.42 Å². The number of Topliss-reactive ketones (excluding diaryl/α,β-unsaturated/α-hetero) is 1. The van der Waals surface area contributed by atoms with Crippen LogP contribution < -0.4 is 21.3 Å². The van der Waals surface area contributed by atoms with Crippen molar-refractivity contribution in [1.29, 1.82) is 0 Å². The van der Waals surface area contributed by atoms with Gasteiger partial charge in [0, 0.05) is 19.1 Å². The Morgan fingerprint density at radius 1 is 1.07 bits per heavy atom. The molecule has 5 rings (SSSR count). The molecular weight excluding hydrogens is 530 g/mol. The quantitative estimate of drug-likeness (QED) is 0.328. The Kier molecular flexibility index (Phi) is 8.94. The van der Waals surface area contributed by atoms with Gasteiger partial charge in [0.05, 0.1) is 30.1 Å². The largest absolute Gasteiger partial charge is 0.349 e. The van der Waals surface area contributed by atoms with Crippen LogP contribution in [0.25, 0.3) is 0 Å². The maximum absolute atomic E-state index is 13.7. The van der Waals surface area contributed by atoms with E-state index in [4.69, 9.17) is 0 Å². The number of aryl methyl sites for hydroxylation is 1. The lowest BCUT2D eigenvalue weighted by molar-refractivity contribution is -0.129. The van der Waals surface area contributed by atoms with E-state index < -0.39 is 45.6 Å². The third kappa shape index (κ3) is 5.98. The Labute approximate surface area is 237 Å². The molecule has 11 heteroatoms. The Bertz CT molecular complexity index is 1220. The SMILES string of the molecule is CNC(C)C(=O)NC(C(=O)CS(=O)(=O)N1CCC2NCC(C(=O)NC3CCc4ccccc43)C21)C1CCCCC1. The van der Waals surface area contributed by atoms with Crippen molar-refractivity contribution in [3.05, 3.63) is 35.4 Å². The molecule has 3 fully saturated rings. The molecule has 2 amide bonds. The number of rotatable bonds is 10. The molecule has 2 aliphatic heterocycles. The number of hydrogen-bond donors (Lipinski definition) is 4. The van der Waals surface area contributed by atoms with Gasteiger partial charge in [0.2, 0.25) is 21.8 Å². The van der Waals surface area contributed by atoms with Crippen LogP contribution in [0.5, 0.6) is 0 Å². The van der Waals surface area contributed by atoms with Crippen molar-refractivity contribution in [3.8, 4) is 0 Å². The number of likely N-dealkylation sites (N-methyl/N-ethyl adjacent to an activating group) is 1. The molecule has 2 aliphatic carbocycles. The van der Waals surface area contributed by atoms with Crippen molar-refractivity contribution < 1.29 is 22.8 Å². The molecule has 0 bridgehead atoms. The number of ketones is 1. The van der Waals surface area contributed by atoms with Crippen molar-refractivity contribution >= 4 is 27.6 Å². The van der Waals surface area contributed by atoms with E-state index in [1.807, 2.05) is 18.2 Å². The second-order valence-electron chi connectivity index (χ2n) is 11.9. The van der Waals surface area contributed by atoms with Gasteiger partial charge in [0.25, 0.3) is 0 Å². The highest BCUT2D eigenvalue weighted by Crippen LogP contribution is 2.35. The molecule has 0 spiro atoms. The second kappa shape index (κ2) is 12.3. The van der Waals surface area contributed by atoms with Gasteiger partial charge in [-0.2, -0.15) is 4.31 Å². The average molecular weight is 574 g/mol. The number of carbonyl (C=O) groups is 3. The molecule has 2 saturated heterocycles. The fourth-order valence-electron chi connectivity index (χ4n) is 7.14. The maximum Gasteiger partial charge on any atom is 0.237 e. The fourth-order valence-corrected chi connectivity index (χ4v) is 8.89. The second-order valence-corrected chi connectivity index (χ2v) is 13.8. The van der Waals surface area contributed by atoms with E-state index in [1.165, 1.54) is 9.87 Å². The molecule has 6 atom stereocenters. The first-order valence-corrected chi connectivity index (χ1v) is 16.4. The molecule has 10 nitrogen and oxygen atoms in total. The molecule has 1 saturated carbocycles. The lowest BCUT2D eigenvalue weighted by atomic mass is 9.82. The summed E-state index contributed by atoms with van der Waals surface area (Å²) in [7, 11) is -2.33. The van der Waals surface area contributed by atoms with Crippen LogP contribution in [0.2, 0.25) is 0 Å². The predicted molar refractivity (Wildman–Crippen MR) is 152 cm³/mol. The van der Waals surface area contributed by atoms with Gasteiger partial charge < -0.3 is 21.3 Å². The first-order chi connectivity index (χ1) is 19.2. The first kappa shape index (κ1) is 29.2. The van der Waals surface area contributed by atoms with Crippen LogP contribution >= 0.6 is 0 Å². The van der Waals surface area contributed by atoms with Crippen LogP contribution in [0, 0.1) is 11.8 Å². The molecule has 2 heterocycles. The van der Waals surface area contributed by atoms with E-state index in [0.717, 1.165) is 50.5 Å². The van der Waals surface area contributed by atoms with Gasteiger partial charge in [0.15, 0.2) is 5.78 Å². The summed E-state index contributed by atoms with van der Waals surface area (Å²) in [4.78, 5) is 39.8. The summed E-state index contributed by atoms with van der Waals surface area (Å²) in [6.07, 6.45) is 6.91. The summed E-state index contributed by atoms with van der Waals surface area (Å²) in [5.74, 6) is -2.21. The summed E-state index contributed by atoms with van der Waals surface area (Å²) >= 11 is 0. The van der Waals surface area contributed by atoms with Gasteiger partial charge in [-0.1, -0.05) is 43.5 Å². The molecule has 0 aromatic heterocycles. The average Bonchev–Trinajstić information content (AvgIpc) is 3.67. The van der Waals surface area contributed by atoms with E-state index >= 15 is 0 Å². The lowest BCUT2D eigenvalue weighted by Crippen LogP contribution is -2.54. The van der Waals surface area contributed by atoms with Gasteiger partial charge in [-0.15, -0.1) is 0 Å². The molecule has 40 heavy (non-hydrogen) atoms. The third-order valence-corrected chi connectivity index (χ3v) is 11.3. The lowest BCUT2D eigenvalue weighted by Gasteiger charge is -2.32. The minimum atomic E-state index is -4.00. The topological polar surface area (TPSA) is 137 Å². The summed E-state index contributed by atoms with van der Waals surface area (Å²) < 4.78 is 28.9. The number of benzene rings is 1. The predicted octanol–water partition coefficient (Wildman–Crippen LogP) is 1.02.